The van der Waals surface area contributed by atoms with Crippen molar-refractivity contribution in [3.8, 4) is 5.75 Å². The first kappa shape index (κ1) is 20.8. The van der Waals surface area contributed by atoms with Gasteiger partial charge in [0.2, 0.25) is 10.9 Å². The Hall–Kier alpha value is -2.91. The zero-order valence-corrected chi connectivity index (χ0v) is 17.6. The van der Waals surface area contributed by atoms with Crippen LogP contribution in [-0.4, -0.2) is 34.9 Å². The molecule has 0 aliphatic carbocycles. The molecule has 0 spiro atoms. The molecule has 2 N–H and O–H groups in total. The molecular formula is C20H20N4O3S2. The zero-order chi connectivity index (χ0) is 20.6. The number of hydrogen-bond acceptors (Lipinski definition) is 7. The second-order valence-corrected chi connectivity index (χ2v) is 8.31. The number of aryl methyl sites for hydroxylation is 1. The van der Waals surface area contributed by atoms with Crippen LogP contribution in [0.3, 0.4) is 0 Å². The monoisotopic (exact) mass is 428 g/mol. The summed E-state index contributed by atoms with van der Waals surface area (Å²) < 4.78 is 5.73. The van der Waals surface area contributed by atoms with Crippen molar-refractivity contribution < 1.29 is 14.3 Å². The molecule has 9 heteroatoms. The number of carbonyl (C=O) groups excluding carboxylic acids is 2. The minimum absolute atomic E-state index is 0.126. The molecule has 0 saturated heterocycles. The minimum atomic E-state index is -0.319. The van der Waals surface area contributed by atoms with Gasteiger partial charge in [0.15, 0.2) is 4.34 Å². The van der Waals surface area contributed by atoms with E-state index in [9.17, 15) is 9.59 Å². The lowest BCUT2D eigenvalue weighted by Crippen LogP contribution is -2.24. The molecule has 0 aliphatic heterocycles. The Morgan fingerprint density at radius 1 is 1.14 bits per heavy atom. The third-order valence-corrected chi connectivity index (χ3v) is 5.92. The fourth-order valence-electron chi connectivity index (χ4n) is 2.34. The molecular weight excluding hydrogens is 408 g/mol. The number of anilines is 1. The van der Waals surface area contributed by atoms with Crippen molar-refractivity contribution in [3.63, 3.8) is 0 Å². The zero-order valence-electron chi connectivity index (χ0n) is 16.0. The average Bonchev–Trinajstić information content (AvgIpc) is 3.22. The summed E-state index contributed by atoms with van der Waals surface area (Å²) >= 11 is 2.40. The van der Waals surface area contributed by atoms with E-state index in [-0.39, 0.29) is 22.6 Å². The van der Waals surface area contributed by atoms with Crippen LogP contribution in [0.25, 0.3) is 0 Å². The quantitative estimate of drug-likeness (QED) is 0.533. The first-order valence-corrected chi connectivity index (χ1v) is 10.6. The van der Waals surface area contributed by atoms with Gasteiger partial charge in [-0.3, -0.25) is 9.59 Å². The van der Waals surface area contributed by atoms with E-state index in [0.29, 0.717) is 16.6 Å². The fraction of sp³-hybridized carbons (Fsp3) is 0.200. The number of benzene rings is 2. The lowest BCUT2D eigenvalue weighted by molar-refractivity contribution is -0.118. The second kappa shape index (κ2) is 10.0. The van der Waals surface area contributed by atoms with Crippen LogP contribution in [0, 0.1) is 6.92 Å². The van der Waals surface area contributed by atoms with Crippen LogP contribution < -0.4 is 15.4 Å². The number of aromatic nitrogens is 2. The Bertz CT molecular complexity index is 989. The second-order valence-electron chi connectivity index (χ2n) is 6.11. The average molecular weight is 429 g/mol. The van der Waals surface area contributed by atoms with Crippen LogP contribution in [0.1, 0.15) is 20.9 Å². The first-order valence-electron chi connectivity index (χ1n) is 8.77. The number of rotatable bonds is 8. The highest BCUT2D eigenvalue weighted by Gasteiger charge is 2.14. The molecule has 0 atom stereocenters. The van der Waals surface area contributed by atoms with Crippen LogP contribution in [0.15, 0.2) is 52.9 Å². The summed E-state index contributed by atoms with van der Waals surface area (Å²) in [6, 6.07) is 15.0. The Kier molecular flexibility index (Phi) is 7.20. The maximum atomic E-state index is 12.3. The summed E-state index contributed by atoms with van der Waals surface area (Å²) in [5.41, 5.74) is 2.76. The third kappa shape index (κ3) is 6.30. The number of hydrogen-bond donors (Lipinski definition) is 2. The van der Waals surface area contributed by atoms with Gasteiger partial charge in [-0.15, -0.1) is 10.2 Å². The lowest BCUT2D eigenvalue weighted by atomic mass is 10.2. The van der Waals surface area contributed by atoms with Gasteiger partial charge in [-0.2, -0.15) is 0 Å². The van der Waals surface area contributed by atoms with E-state index >= 15 is 0 Å². The highest BCUT2D eigenvalue weighted by atomic mass is 32.2. The molecule has 0 saturated carbocycles. The standard InChI is InChI=1S/C20H20N4O3S2/c1-13-6-8-15(9-7-13)22-18(26)19-23-24-20(29-19)28-12-17(25)21-11-14-4-3-5-16(10-14)27-2/h3-10H,11-12H2,1-2H3,(H,21,25)(H,22,26). The van der Waals surface area contributed by atoms with Gasteiger partial charge in [-0.1, -0.05) is 52.9 Å². The van der Waals surface area contributed by atoms with Gasteiger partial charge >= 0.3 is 0 Å². The van der Waals surface area contributed by atoms with Gasteiger partial charge in [0.05, 0.1) is 12.9 Å². The summed E-state index contributed by atoms with van der Waals surface area (Å²) in [7, 11) is 1.60. The Balaban J connectivity index is 1.46. The van der Waals surface area contributed by atoms with E-state index in [0.717, 1.165) is 28.2 Å². The number of nitrogens with one attached hydrogen (secondary N) is 2. The van der Waals surface area contributed by atoms with Crippen molar-refractivity contribution in [3.05, 3.63) is 64.7 Å². The maximum Gasteiger partial charge on any atom is 0.286 e. The molecule has 0 unspecified atom stereocenters. The molecule has 0 radical (unpaired) electrons. The molecule has 1 heterocycles. The van der Waals surface area contributed by atoms with Crippen molar-refractivity contribution >= 4 is 40.6 Å². The van der Waals surface area contributed by atoms with Crippen molar-refractivity contribution in [2.45, 2.75) is 17.8 Å². The normalized spacial score (nSPS) is 10.4. The maximum absolute atomic E-state index is 12.3. The minimum Gasteiger partial charge on any atom is -0.497 e. The molecule has 1 aromatic heterocycles. The van der Waals surface area contributed by atoms with E-state index in [1.807, 2.05) is 55.5 Å². The van der Waals surface area contributed by atoms with Gasteiger partial charge in [0.25, 0.3) is 5.91 Å². The van der Waals surface area contributed by atoms with E-state index in [4.69, 9.17) is 4.74 Å². The lowest BCUT2D eigenvalue weighted by Gasteiger charge is -2.06. The molecule has 3 rings (SSSR count). The molecule has 0 fully saturated rings. The first-order chi connectivity index (χ1) is 14.0. The largest absolute Gasteiger partial charge is 0.497 e. The number of carbonyl (C=O) groups is 2. The van der Waals surface area contributed by atoms with Crippen molar-refractivity contribution in [2.75, 3.05) is 18.2 Å². The molecule has 0 bridgehead atoms. The molecule has 0 aliphatic rings. The van der Waals surface area contributed by atoms with E-state index in [1.165, 1.54) is 11.8 Å². The van der Waals surface area contributed by atoms with Crippen LogP contribution >= 0.6 is 23.1 Å². The SMILES string of the molecule is COc1cccc(CNC(=O)CSc2nnc(C(=O)Nc3ccc(C)cc3)s2)c1. The number of ether oxygens (including phenoxy) is 1. The van der Waals surface area contributed by atoms with Crippen LogP contribution in [0.2, 0.25) is 0 Å². The topological polar surface area (TPSA) is 93.2 Å². The van der Waals surface area contributed by atoms with Crippen LogP contribution in [-0.2, 0) is 11.3 Å². The fourth-order valence-corrected chi connectivity index (χ4v) is 3.92. The number of amides is 2. The molecule has 2 aromatic carbocycles. The molecule has 2 amide bonds. The number of nitrogens with zero attached hydrogens (tertiary/aromatic N) is 2. The molecule has 150 valence electrons. The van der Waals surface area contributed by atoms with Gasteiger partial charge in [0.1, 0.15) is 5.75 Å². The highest BCUT2D eigenvalue weighted by Crippen LogP contribution is 2.23. The van der Waals surface area contributed by atoms with E-state index in [1.54, 1.807) is 7.11 Å². The van der Waals surface area contributed by atoms with E-state index in [2.05, 4.69) is 20.8 Å². The van der Waals surface area contributed by atoms with Crippen molar-refractivity contribution in [1.82, 2.24) is 15.5 Å². The van der Waals surface area contributed by atoms with Crippen LogP contribution in [0.4, 0.5) is 5.69 Å². The van der Waals surface area contributed by atoms with Crippen LogP contribution in [0.5, 0.6) is 5.75 Å². The smallest absolute Gasteiger partial charge is 0.286 e. The summed E-state index contributed by atoms with van der Waals surface area (Å²) in [5, 5.41) is 13.8. The van der Waals surface area contributed by atoms with Gasteiger partial charge in [-0.25, -0.2) is 0 Å². The van der Waals surface area contributed by atoms with Crippen molar-refractivity contribution in [1.29, 1.82) is 0 Å². The Labute approximate surface area is 176 Å². The predicted octanol–water partition coefficient (Wildman–Crippen LogP) is 3.52. The van der Waals surface area contributed by atoms with Gasteiger partial charge in [-0.05, 0) is 36.8 Å². The van der Waals surface area contributed by atoms with Crippen molar-refractivity contribution in [2.24, 2.45) is 0 Å². The number of thioether (sulfide) groups is 1. The predicted molar refractivity (Wildman–Crippen MR) is 115 cm³/mol. The Morgan fingerprint density at radius 2 is 1.93 bits per heavy atom. The molecule has 3 aromatic rings. The van der Waals surface area contributed by atoms with Gasteiger partial charge < -0.3 is 15.4 Å². The summed E-state index contributed by atoms with van der Waals surface area (Å²) in [6.07, 6.45) is 0. The van der Waals surface area contributed by atoms with Gasteiger partial charge in [0, 0.05) is 12.2 Å². The Morgan fingerprint density at radius 3 is 2.69 bits per heavy atom. The number of methoxy groups -OCH3 is 1. The molecule has 29 heavy (non-hydrogen) atoms. The molecule has 7 nitrogen and oxygen atoms in total. The highest BCUT2D eigenvalue weighted by molar-refractivity contribution is 8.01. The summed E-state index contributed by atoms with van der Waals surface area (Å²) in [5.74, 6) is 0.494. The summed E-state index contributed by atoms with van der Waals surface area (Å²) in [4.78, 5) is 24.3. The third-order valence-electron chi connectivity index (χ3n) is 3.86. The van der Waals surface area contributed by atoms with E-state index < -0.39 is 0 Å². The summed E-state index contributed by atoms with van der Waals surface area (Å²) in [6.45, 7) is 2.39.